The number of urea groups is 1. The van der Waals surface area contributed by atoms with Crippen molar-refractivity contribution in [2.45, 2.75) is 19.5 Å². The molecule has 6 nitrogen and oxygen atoms in total. The number of hydrogen-bond donors (Lipinski definition) is 3. The first-order valence-corrected chi connectivity index (χ1v) is 6.17. The normalized spacial score (nSPS) is 11.8. The number of para-hydroxylation sites is 1. The van der Waals surface area contributed by atoms with Gasteiger partial charge in [-0.05, 0) is 18.6 Å². The zero-order chi connectivity index (χ0) is 14.5. The predicted octanol–water partition coefficient (Wildman–Crippen LogP) is 1.51. The van der Waals surface area contributed by atoms with Gasteiger partial charge in [0.05, 0.1) is 5.52 Å². The van der Waals surface area contributed by atoms with Crippen molar-refractivity contribution in [2.24, 2.45) is 0 Å². The van der Waals surface area contributed by atoms with Gasteiger partial charge in [0, 0.05) is 18.1 Å². The molecule has 1 atom stereocenters. The van der Waals surface area contributed by atoms with Crippen molar-refractivity contribution in [3.05, 3.63) is 42.1 Å². The number of aromatic nitrogens is 1. The highest BCUT2D eigenvalue weighted by Crippen LogP contribution is 2.15. The monoisotopic (exact) mass is 273 g/mol. The number of hydrogen-bond acceptors (Lipinski definition) is 3. The van der Waals surface area contributed by atoms with E-state index in [4.69, 9.17) is 5.11 Å². The molecule has 2 amide bonds. The van der Waals surface area contributed by atoms with E-state index >= 15 is 0 Å². The van der Waals surface area contributed by atoms with Crippen LogP contribution in [-0.4, -0.2) is 28.1 Å². The average Bonchev–Trinajstić information content (AvgIpc) is 2.44. The first-order valence-electron chi connectivity index (χ1n) is 6.17. The highest BCUT2D eigenvalue weighted by Gasteiger charge is 2.13. The van der Waals surface area contributed by atoms with Gasteiger partial charge in [-0.3, -0.25) is 9.78 Å². The van der Waals surface area contributed by atoms with E-state index in [1.807, 2.05) is 30.3 Å². The maximum atomic E-state index is 11.6. The lowest BCUT2D eigenvalue weighted by atomic mass is 10.1. The molecule has 0 fully saturated rings. The van der Waals surface area contributed by atoms with Crippen LogP contribution in [0.3, 0.4) is 0 Å². The van der Waals surface area contributed by atoms with E-state index in [9.17, 15) is 9.59 Å². The molecule has 0 aliphatic carbocycles. The van der Waals surface area contributed by atoms with E-state index in [-0.39, 0.29) is 6.54 Å². The van der Waals surface area contributed by atoms with Crippen LogP contribution in [-0.2, 0) is 11.3 Å². The second-order valence-electron chi connectivity index (χ2n) is 4.38. The minimum Gasteiger partial charge on any atom is -0.480 e. The second kappa shape index (κ2) is 6.01. The van der Waals surface area contributed by atoms with Gasteiger partial charge in [-0.2, -0.15) is 0 Å². The van der Waals surface area contributed by atoms with Crippen LogP contribution in [0.25, 0.3) is 10.9 Å². The summed E-state index contributed by atoms with van der Waals surface area (Å²) in [5.74, 6) is -1.08. The maximum absolute atomic E-state index is 11.6. The molecule has 0 unspecified atom stereocenters. The number of benzene rings is 1. The number of carboxylic acid groups (broad SMARTS) is 1. The smallest absolute Gasteiger partial charge is 0.325 e. The third-order valence-electron chi connectivity index (χ3n) is 2.87. The number of rotatable bonds is 4. The van der Waals surface area contributed by atoms with Crippen molar-refractivity contribution in [3.8, 4) is 0 Å². The molecule has 0 spiro atoms. The van der Waals surface area contributed by atoms with Crippen molar-refractivity contribution in [2.75, 3.05) is 0 Å². The summed E-state index contributed by atoms with van der Waals surface area (Å²) in [5, 5.41) is 14.6. The molecule has 20 heavy (non-hydrogen) atoms. The Morgan fingerprint density at radius 3 is 2.80 bits per heavy atom. The van der Waals surface area contributed by atoms with Gasteiger partial charge in [0.25, 0.3) is 0 Å². The Kier molecular flexibility index (Phi) is 4.14. The van der Waals surface area contributed by atoms with Gasteiger partial charge in [0.1, 0.15) is 6.04 Å². The average molecular weight is 273 g/mol. The van der Waals surface area contributed by atoms with Gasteiger partial charge in [-0.15, -0.1) is 0 Å². The van der Waals surface area contributed by atoms with Crippen molar-refractivity contribution in [1.29, 1.82) is 0 Å². The fraction of sp³-hybridized carbons (Fsp3) is 0.214. The highest BCUT2D eigenvalue weighted by atomic mass is 16.4. The van der Waals surface area contributed by atoms with E-state index < -0.39 is 18.0 Å². The molecule has 2 aromatic rings. The molecule has 3 N–H and O–H groups in total. The van der Waals surface area contributed by atoms with Gasteiger partial charge < -0.3 is 15.7 Å². The third kappa shape index (κ3) is 3.23. The zero-order valence-corrected chi connectivity index (χ0v) is 11.0. The van der Waals surface area contributed by atoms with Gasteiger partial charge in [-0.25, -0.2) is 4.79 Å². The lowest BCUT2D eigenvalue weighted by Crippen LogP contribution is -2.44. The molecule has 0 aliphatic rings. The number of pyridine rings is 1. The number of carbonyl (C=O) groups is 2. The molecule has 0 aliphatic heterocycles. The zero-order valence-electron chi connectivity index (χ0n) is 11.0. The Labute approximate surface area is 115 Å². The largest absolute Gasteiger partial charge is 0.480 e. The number of carboxylic acids is 1. The first-order chi connectivity index (χ1) is 9.58. The Balaban J connectivity index is 2.03. The van der Waals surface area contributed by atoms with Gasteiger partial charge in [0.15, 0.2) is 0 Å². The maximum Gasteiger partial charge on any atom is 0.325 e. The molecule has 0 saturated carbocycles. The number of fused-ring (bicyclic) bond motifs is 1. The third-order valence-corrected chi connectivity index (χ3v) is 2.87. The predicted molar refractivity (Wildman–Crippen MR) is 74.2 cm³/mol. The number of carbonyl (C=O) groups excluding carboxylic acids is 1. The Hall–Kier alpha value is -2.63. The highest BCUT2D eigenvalue weighted by molar-refractivity contribution is 5.84. The minimum atomic E-state index is -1.08. The van der Waals surface area contributed by atoms with Crippen LogP contribution in [0, 0.1) is 0 Å². The second-order valence-corrected chi connectivity index (χ2v) is 4.38. The molecule has 1 heterocycles. The Morgan fingerprint density at radius 2 is 2.05 bits per heavy atom. The molecule has 0 saturated heterocycles. The van der Waals surface area contributed by atoms with E-state index in [0.29, 0.717) is 0 Å². The van der Waals surface area contributed by atoms with E-state index in [1.54, 1.807) is 6.20 Å². The summed E-state index contributed by atoms with van der Waals surface area (Å²) in [6.07, 6.45) is 1.69. The van der Waals surface area contributed by atoms with Crippen molar-refractivity contribution < 1.29 is 14.7 Å². The molecule has 2 rings (SSSR count). The minimum absolute atomic E-state index is 0.284. The summed E-state index contributed by atoms with van der Waals surface area (Å²) >= 11 is 0. The molecular weight excluding hydrogens is 258 g/mol. The summed E-state index contributed by atoms with van der Waals surface area (Å²) in [7, 11) is 0. The van der Waals surface area contributed by atoms with Crippen LogP contribution < -0.4 is 10.6 Å². The number of aliphatic carboxylic acids is 1. The molecule has 0 radical (unpaired) electrons. The van der Waals surface area contributed by atoms with Gasteiger partial charge >= 0.3 is 12.0 Å². The summed E-state index contributed by atoms with van der Waals surface area (Å²) < 4.78 is 0. The summed E-state index contributed by atoms with van der Waals surface area (Å²) in [6, 6.07) is 8.04. The van der Waals surface area contributed by atoms with E-state index in [2.05, 4.69) is 15.6 Å². The molecule has 6 heteroatoms. The molecular formula is C14H15N3O3. The van der Waals surface area contributed by atoms with E-state index in [0.717, 1.165) is 16.5 Å². The molecule has 104 valence electrons. The SMILES string of the molecule is C[C@H](NC(=O)NCc1cccc2cccnc12)C(=O)O. The first kappa shape index (κ1) is 13.8. The summed E-state index contributed by atoms with van der Waals surface area (Å²) in [5.41, 5.74) is 1.70. The number of nitrogens with zero attached hydrogens (tertiary/aromatic N) is 1. The molecule has 1 aromatic heterocycles. The quantitative estimate of drug-likeness (QED) is 0.787. The lowest BCUT2D eigenvalue weighted by molar-refractivity contribution is -0.138. The van der Waals surface area contributed by atoms with Crippen molar-refractivity contribution in [1.82, 2.24) is 15.6 Å². The van der Waals surface area contributed by atoms with Crippen LogP contribution in [0.1, 0.15) is 12.5 Å². The standard InChI is InChI=1S/C14H15N3O3/c1-9(13(18)19)17-14(20)16-8-11-5-2-4-10-6-3-7-15-12(10)11/h2-7,9H,8H2,1H3,(H,18,19)(H2,16,17,20)/t9-/m0/s1. The van der Waals surface area contributed by atoms with Crippen LogP contribution in [0.5, 0.6) is 0 Å². The lowest BCUT2D eigenvalue weighted by Gasteiger charge is -2.11. The fourth-order valence-electron chi connectivity index (χ4n) is 1.79. The fourth-order valence-corrected chi connectivity index (χ4v) is 1.79. The van der Waals surface area contributed by atoms with Crippen molar-refractivity contribution in [3.63, 3.8) is 0 Å². The van der Waals surface area contributed by atoms with Crippen LogP contribution >= 0.6 is 0 Å². The Morgan fingerprint density at radius 1 is 1.30 bits per heavy atom. The number of amides is 2. The van der Waals surface area contributed by atoms with Crippen LogP contribution in [0.15, 0.2) is 36.5 Å². The van der Waals surface area contributed by atoms with Crippen LogP contribution in [0.4, 0.5) is 4.79 Å². The summed E-state index contributed by atoms with van der Waals surface area (Å²) in [4.78, 5) is 26.5. The summed E-state index contributed by atoms with van der Waals surface area (Å²) in [6.45, 7) is 1.69. The molecule has 1 aromatic carbocycles. The Bertz CT molecular complexity index is 637. The topological polar surface area (TPSA) is 91.3 Å². The number of nitrogens with one attached hydrogen (secondary N) is 2. The van der Waals surface area contributed by atoms with Gasteiger partial charge in [0.2, 0.25) is 0 Å². The van der Waals surface area contributed by atoms with Gasteiger partial charge in [-0.1, -0.05) is 24.3 Å². The van der Waals surface area contributed by atoms with E-state index in [1.165, 1.54) is 6.92 Å². The molecule has 0 bridgehead atoms. The van der Waals surface area contributed by atoms with Crippen molar-refractivity contribution >= 4 is 22.9 Å². The van der Waals surface area contributed by atoms with Crippen LogP contribution in [0.2, 0.25) is 0 Å².